The van der Waals surface area contributed by atoms with Crippen molar-refractivity contribution in [1.82, 2.24) is 9.88 Å². The number of hydrogen-bond donors (Lipinski definition) is 3. The maximum Gasteiger partial charge on any atom is 0.261 e. The summed E-state index contributed by atoms with van der Waals surface area (Å²) in [7, 11) is 6.00. The predicted molar refractivity (Wildman–Crippen MR) is 122 cm³/mol. The maximum atomic E-state index is 15.1. The first-order chi connectivity index (χ1) is 16.0. The summed E-state index contributed by atoms with van der Waals surface area (Å²) in [5.41, 5.74) is 5.46. The predicted octanol–water partition coefficient (Wildman–Crippen LogP) is 3.70. The molecule has 0 saturated carbocycles. The third kappa shape index (κ3) is 4.98. The highest BCUT2D eigenvalue weighted by Crippen LogP contribution is 2.39. The number of anilines is 1. The zero-order valence-electron chi connectivity index (χ0n) is 18.9. The third-order valence-corrected chi connectivity index (χ3v) is 4.62. The Morgan fingerprint density at radius 1 is 1.00 bits per heavy atom. The van der Waals surface area contributed by atoms with Crippen LogP contribution in [0.3, 0.4) is 0 Å². The Morgan fingerprint density at radius 3 is 2.24 bits per heavy atom. The number of rotatable bonds is 7. The molecule has 0 radical (unpaired) electrons. The van der Waals surface area contributed by atoms with Crippen molar-refractivity contribution in [2.75, 3.05) is 33.1 Å². The van der Waals surface area contributed by atoms with Crippen LogP contribution in [-0.4, -0.2) is 54.9 Å². The monoisotopic (exact) mass is 471 g/mol. The van der Waals surface area contributed by atoms with Crippen molar-refractivity contribution in [2.24, 2.45) is 5.73 Å². The van der Waals surface area contributed by atoms with Crippen molar-refractivity contribution in [3.05, 3.63) is 65.2 Å². The number of carbonyl (C=O) groups excluding carboxylic acids is 1. The first kappa shape index (κ1) is 24.2. The Bertz CT molecular complexity index is 1260. The number of benzene rings is 2. The van der Waals surface area contributed by atoms with Gasteiger partial charge in [-0.3, -0.25) is 10.2 Å². The van der Waals surface area contributed by atoms with Gasteiger partial charge in [0.05, 0.1) is 0 Å². The summed E-state index contributed by atoms with van der Waals surface area (Å²) in [6.45, 7) is 0. The summed E-state index contributed by atoms with van der Waals surface area (Å²) >= 11 is 0. The van der Waals surface area contributed by atoms with Crippen LogP contribution in [-0.2, 0) is 0 Å². The van der Waals surface area contributed by atoms with Gasteiger partial charge in [0, 0.05) is 39.3 Å². The molecule has 0 aliphatic carbocycles. The number of amides is 1. The van der Waals surface area contributed by atoms with Crippen molar-refractivity contribution in [3.63, 3.8) is 0 Å². The van der Waals surface area contributed by atoms with Crippen LogP contribution in [0, 0.1) is 17.0 Å². The number of carbonyl (C=O) groups is 1. The standard InChI is InChI=1S/C23H23F2N5O4/c1-29(2)19-17(24)21(33-14-7-5-6-13(10-14)23(32)30(3)4)28-22(18(19)25)34-16-11-12(20(26)27)8-9-15(16)31/h5-11,31H,1-4H3,(H3,26,27). The van der Waals surface area contributed by atoms with Crippen molar-refractivity contribution in [2.45, 2.75) is 0 Å². The summed E-state index contributed by atoms with van der Waals surface area (Å²) in [6.07, 6.45) is 0. The van der Waals surface area contributed by atoms with Crippen LogP contribution >= 0.6 is 0 Å². The number of ether oxygens (including phenoxy) is 2. The van der Waals surface area contributed by atoms with E-state index >= 15 is 8.78 Å². The van der Waals surface area contributed by atoms with Crippen LogP contribution in [0.25, 0.3) is 0 Å². The highest BCUT2D eigenvalue weighted by Gasteiger charge is 2.26. The van der Waals surface area contributed by atoms with E-state index in [4.69, 9.17) is 20.6 Å². The topological polar surface area (TPSA) is 125 Å². The molecule has 0 aliphatic rings. The Hall–Kier alpha value is -4.41. The number of nitrogens with zero attached hydrogens (tertiary/aromatic N) is 3. The van der Waals surface area contributed by atoms with Crippen molar-refractivity contribution in [1.29, 1.82) is 5.41 Å². The maximum absolute atomic E-state index is 15.1. The van der Waals surface area contributed by atoms with Gasteiger partial charge in [-0.25, -0.2) is 0 Å². The van der Waals surface area contributed by atoms with E-state index in [1.807, 2.05) is 0 Å². The molecule has 1 heterocycles. The number of pyridine rings is 1. The zero-order chi connectivity index (χ0) is 25.2. The van der Waals surface area contributed by atoms with Gasteiger partial charge in [0.15, 0.2) is 11.5 Å². The fourth-order valence-corrected chi connectivity index (χ4v) is 2.95. The molecule has 1 aromatic heterocycles. The molecule has 3 aromatic rings. The lowest BCUT2D eigenvalue weighted by Gasteiger charge is -2.19. The van der Waals surface area contributed by atoms with Gasteiger partial charge in [-0.2, -0.15) is 13.8 Å². The molecule has 3 rings (SSSR count). The van der Waals surface area contributed by atoms with Crippen LogP contribution in [0.5, 0.6) is 29.0 Å². The van der Waals surface area contributed by atoms with Crippen LogP contribution in [0.15, 0.2) is 42.5 Å². The summed E-state index contributed by atoms with van der Waals surface area (Å²) in [4.78, 5) is 18.6. The van der Waals surface area contributed by atoms with E-state index in [1.54, 1.807) is 26.2 Å². The molecule has 0 unspecified atom stereocenters. The Morgan fingerprint density at radius 2 is 1.65 bits per heavy atom. The largest absolute Gasteiger partial charge is 0.504 e. The second-order valence-electron chi connectivity index (χ2n) is 7.62. The summed E-state index contributed by atoms with van der Waals surface area (Å²) in [5, 5.41) is 17.6. The fraction of sp³-hybridized carbons (Fsp3) is 0.174. The second-order valence-corrected chi connectivity index (χ2v) is 7.62. The highest BCUT2D eigenvalue weighted by atomic mass is 19.1. The van der Waals surface area contributed by atoms with E-state index in [1.165, 1.54) is 54.2 Å². The van der Waals surface area contributed by atoms with E-state index in [-0.39, 0.29) is 34.6 Å². The number of phenols is 1. The summed E-state index contributed by atoms with van der Waals surface area (Å²) in [6, 6.07) is 9.79. The lowest BCUT2D eigenvalue weighted by molar-refractivity contribution is 0.0827. The minimum absolute atomic E-state index is 0.0859. The normalized spacial score (nSPS) is 10.5. The molecule has 0 spiro atoms. The average molecular weight is 471 g/mol. The van der Waals surface area contributed by atoms with E-state index in [0.717, 1.165) is 0 Å². The van der Waals surface area contributed by atoms with E-state index in [9.17, 15) is 9.90 Å². The molecule has 11 heteroatoms. The lowest BCUT2D eigenvalue weighted by atomic mass is 10.2. The van der Waals surface area contributed by atoms with Gasteiger partial charge in [-0.05, 0) is 36.4 Å². The van der Waals surface area contributed by atoms with E-state index in [0.29, 0.717) is 5.56 Å². The number of nitrogen functional groups attached to an aromatic ring is 1. The average Bonchev–Trinajstić information content (AvgIpc) is 2.77. The number of halogens is 2. The van der Waals surface area contributed by atoms with Gasteiger partial charge >= 0.3 is 0 Å². The minimum Gasteiger partial charge on any atom is -0.504 e. The van der Waals surface area contributed by atoms with Crippen molar-refractivity contribution in [3.8, 4) is 29.0 Å². The van der Waals surface area contributed by atoms with Crippen molar-refractivity contribution < 1.29 is 28.2 Å². The summed E-state index contributed by atoms with van der Waals surface area (Å²) in [5.74, 6) is -4.67. The molecular weight excluding hydrogens is 448 g/mol. The van der Waals surface area contributed by atoms with E-state index in [2.05, 4.69) is 4.98 Å². The van der Waals surface area contributed by atoms with Gasteiger partial charge in [0.2, 0.25) is 11.6 Å². The first-order valence-corrected chi connectivity index (χ1v) is 9.90. The van der Waals surface area contributed by atoms with Gasteiger partial charge in [-0.1, -0.05) is 6.07 Å². The molecule has 0 saturated heterocycles. The van der Waals surface area contributed by atoms with Crippen molar-refractivity contribution >= 4 is 17.4 Å². The molecule has 0 fully saturated rings. The number of amidine groups is 1. The number of aromatic hydroxyl groups is 1. The van der Waals surface area contributed by atoms with Crippen LogP contribution < -0.4 is 20.1 Å². The zero-order valence-corrected chi connectivity index (χ0v) is 18.9. The van der Waals surface area contributed by atoms with Crippen LogP contribution in [0.2, 0.25) is 0 Å². The van der Waals surface area contributed by atoms with Gasteiger partial charge in [-0.15, -0.1) is 0 Å². The Labute approximate surface area is 194 Å². The molecule has 34 heavy (non-hydrogen) atoms. The van der Waals surface area contributed by atoms with E-state index < -0.39 is 29.1 Å². The van der Waals surface area contributed by atoms with Gasteiger partial charge < -0.3 is 30.1 Å². The molecule has 2 aromatic carbocycles. The number of nitrogens with one attached hydrogen (secondary N) is 1. The number of phenolic OH excluding ortho intramolecular Hbond substituents is 1. The summed E-state index contributed by atoms with van der Waals surface area (Å²) < 4.78 is 41.2. The first-order valence-electron chi connectivity index (χ1n) is 9.90. The SMILES string of the molecule is CN(C)C(=O)c1cccc(Oc2nc(Oc3cc(C(=N)N)ccc3O)c(F)c(N(C)C)c2F)c1. The van der Waals surface area contributed by atoms with Gasteiger partial charge in [0.25, 0.3) is 17.7 Å². The molecule has 1 amide bonds. The van der Waals surface area contributed by atoms with Gasteiger partial charge in [0.1, 0.15) is 17.3 Å². The smallest absolute Gasteiger partial charge is 0.261 e. The lowest BCUT2D eigenvalue weighted by Crippen LogP contribution is -2.21. The fourth-order valence-electron chi connectivity index (χ4n) is 2.95. The van der Waals surface area contributed by atoms with Crippen LogP contribution in [0.1, 0.15) is 15.9 Å². The third-order valence-electron chi connectivity index (χ3n) is 4.62. The second kappa shape index (κ2) is 9.61. The molecule has 0 aliphatic heterocycles. The number of nitrogens with two attached hydrogens (primary N) is 1. The Kier molecular flexibility index (Phi) is 6.85. The molecule has 178 valence electrons. The molecule has 0 bridgehead atoms. The minimum atomic E-state index is -1.14. The molecule has 4 N–H and O–H groups in total. The highest BCUT2D eigenvalue weighted by molar-refractivity contribution is 5.95. The number of hydrogen-bond acceptors (Lipinski definition) is 7. The molecule has 0 atom stereocenters. The Balaban J connectivity index is 2.07. The molecule has 9 nitrogen and oxygen atoms in total. The number of aromatic nitrogens is 1. The quantitative estimate of drug-likeness (QED) is 0.354. The molecular formula is C23H23F2N5O4. The van der Waals surface area contributed by atoms with Crippen LogP contribution in [0.4, 0.5) is 14.5 Å².